The molecule has 1 saturated heterocycles. The minimum Gasteiger partial charge on any atom is -0.490 e. The molecule has 1 fully saturated rings. The van der Waals surface area contributed by atoms with Crippen LogP contribution in [-0.2, 0) is 26.5 Å². The Morgan fingerprint density at radius 1 is 1.42 bits per heavy atom. The summed E-state index contributed by atoms with van der Waals surface area (Å²) in [6.45, 7) is 0.699. The number of ether oxygens (including phenoxy) is 2. The monoisotopic (exact) mass is 347 g/mol. The van der Waals surface area contributed by atoms with Gasteiger partial charge in [0.15, 0.2) is 6.29 Å². The Kier molecular flexibility index (Phi) is 4.94. The molecule has 1 aliphatic heterocycles. The molecule has 2 unspecified atom stereocenters. The van der Waals surface area contributed by atoms with Gasteiger partial charge in [-0.3, -0.25) is 14.9 Å². The number of nitrogens with one attached hydrogen (secondary N) is 1. The molecule has 1 aliphatic rings. The molecule has 126 valence electrons. The van der Waals surface area contributed by atoms with Gasteiger partial charge in [0, 0.05) is 23.1 Å². The first-order chi connectivity index (χ1) is 11.6. The van der Waals surface area contributed by atoms with Gasteiger partial charge in [-0.25, -0.2) is 0 Å². The van der Waals surface area contributed by atoms with Gasteiger partial charge in [0.1, 0.15) is 18.5 Å². The average Bonchev–Trinajstić information content (AvgIpc) is 3.21. The second-order valence-electron chi connectivity index (χ2n) is 5.48. The van der Waals surface area contributed by atoms with Crippen molar-refractivity contribution in [1.29, 1.82) is 0 Å². The van der Waals surface area contributed by atoms with E-state index in [1.54, 1.807) is 10.8 Å². The van der Waals surface area contributed by atoms with E-state index >= 15 is 0 Å². The second-order valence-corrected chi connectivity index (χ2v) is 6.23. The molecule has 0 radical (unpaired) electrons. The molecule has 7 heteroatoms. The van der Waals surface area contributed by atoms with Gasteiger partial charge in [-0.1, -0.05) is 30.3 Å². The van der Waals surface area contributed by atoms with Gasteiger partial charge in [0.2, 0.25) is 5.72 Å². The Balaban J connectivity index is 1.63. The Morgan fingerprint density at radius 3 is 2.92 bits per heavy atom. The molecule has 6 nitrogen and oxygen atoms in total. The third-order valence-corrected chi connectivity index (χ3v) is 4.55. The molecule has 2 atom stereocenters. The number of aliphatic carboxylic acids is 1. The highest BCUT2D eigenvalue weighted by atomic mass is 32.1. The van der Waals surface area contributed by atoms with Gasteiger partial charge in [-0.15, -0.1) is 11.3 Å². The molecule has 1 aromatic carbocycles. The maximum atomic E-state index is 11.6. The van der Waals surface area contributed by atoms with Crippen molar-refractivity contribution in [1.82, 2.24) is 5.32 Å². The fourth-order valence-corrected chi connectivity index (χ4v) is 3.39. The summed E-state index contributed by atoms with van der Waals surface area (Å²) < 4.78 is 11.6. The van der Waals surface area contributed by atoms with E-state index in [4.69, 9.17) is 14.6 Å². The molecular formula is C17H17NO5S. The van der Waals surface area contributed by atoms with Crippen molar-refractivity contribution < 1.29 is 24.2 Å². The minimum absolute atomic E-state index is 0.0785. The number of rotatable bonds is 7. The first-order valence-corrected chi connectivity index (χ1v) is 8.41. The summed E-state index contributed by atoms with van der Waals surface area (Å²) in [5, 5.41) is 15.5. The van der Waals surface area contributed by atoms with Crippen LogP contribution in [0, 0.1) is 0 Å². The number of carboxylic acid groups (broad SMARTS) is 1. The number of carboxylic acids is 1. The van der Waals surface area contributed by atoms with Gasteiger partial charge in [-0.2, -0.15) is 0 Å². The smallest absolute Gasteiger partial charge is 0.307 e. The maximum absolute atomic E-state index is 11.6. The highest BCUT2D eigenvalue weighted by Crippen LogP contribution is 2.29. The lowest BCUT2D eigenvalue weighted by Gasteiger charge is -2.23. The van der Waals surface area contributed by atoms with Crippen LogP contribution in [0.15, 0.2) is 41.1 Å². The van der Waals surface area contributed by atoms with Crippen molar-refractivity contribution >= 4 is 23.6 Å². The van der Waals surface area contributed by atoms with Gasteiger partial charge >= 0.3 is 5.97 Å². The molecule has 24 heavy (non-hydrogen) atoms. The first kappa shape index (κ1) is 16.6. The third-order valence-electron chi connectivity index (χ3n) is 3.78. The molecule has 3 rings (SSSR count). The Hall–Kier alpha value is -2.22. The molecule has 0 bridgehead atoms. The molecular weight excluding hydrogens is 330 g/mol. The van der Waals surface area contributed by atoms with E-state index in [9.17, 15) is 9.59 Å². The largest absolute Gasteiger partial charge is 0.490 e. The summed E-state index contributed by atoms with van der Waals surface area (Å²) in [6.07, 6.45) is 0.362. The number of hydrogen-bond acceptors (Lipinski definition) is 6. The fourth-order valence-electron chi connectivity index (χ4n) is 2.61. The van der Waals surface area contributed by atoms with Crippen molar-refractivity contribution in [3.8, 4) is 5.75 Å². The summed E-state index contributed by atoms with van der Waals surface area (Å²) in [5.41, 5.74) is 0.223. The number of thiophene rings is 1. The van der Waals surface area contributed by atoms with Crippen molar-refractivity contribution in [3.63, 3.8) is 0 Å². The van der Waals surface area contributed by atoms with E-state index in [0.717, 1.165) is 11.8 Å². The van der Waals surface area contributed by atoms with Crippen LogP contribution in [-0.4, -0.2) is 36.6 Å². The van der Waals surface area contributed by atoms with Crippen molar-refractivity contribution in [3.05, 3.63) is 52.2 Å². The van der Waals surface area contributed by atoms with Crippen LogP contribution >= 0.6 is 11.3 Å². The molecule has 2 N–H and O–H groups in total. The van der Waals surface area contributed by atoms with Gasteiger partial charge < -0.3 is 14.6 Å². The van der Waals surface area contributed by atoms with E-state index < -0.39 is 11.7 Å². The standard InChI is InChI=1S/C17H17NO5S/c19-11-17(13-4-2-1-3-5-13)18-7-14(23-17)8-22-15-10-24-9-12(15)6-16(20)21/h1-5,9-11,14,18H,6-8H2,(H,20,21). The summed E-state index contributed by atoms with van der Waals surface area (Å²) in [5.74, 6) is -0.351. The summed E-state index contributed by atoms with van der Waals surface area (Å²) in [7, 11) is 0. The lowest BCUT2D eigenvalue weighted by atomic mass is 10.1. The molecule has 0 aliphatic carbocycles. The number of hydrogen-bond donors (Lipinski definition) is 2. The molecule has 0 amide bonds. The topological polar surface area (TPSA) is 84.9 Å². The highest BCUT2D eigenvalue weighted by Gasteiger charge is 2.41. The van der Waals surface area contributed by atoms with Crippen LogP contribution in [0.4, 0.5) is 0 Å². The molecule has 0 saturated carbocycles. The predicted molar refractivity (Wildman–Crippen MR) is 88.2 cm³/mol. The molecule has 2 heterocycles. The fraction of sp³-hybridized carbons (Fsp3) is 0.294. The summed E-state index contributed by atoms with van der Waals surface area (Å²) in [6, 6.07) is 9.22. The summed E-state index contributed by atoms with van der Waals surface area (Å²) in [4.78, 5) is 22.4. The quantitative estimate of drug-likeness (QED) is 0.743. The maximum Gasteiger partial charge on any atom is 0.307 e. The number of aldehydes is 1. The number of carbonyl (C=O) groups excluding carboxylic acids is 1. The van der Waals surface area contributed by atoms with Gasteiger partial charge in [0.05, 0.1) is 6.42 Å². The minimum atomic E-state index is -1.16. The third kappa shape index (κ3) is 3.48. The lowest BCUT2D eigenvalue weighted by molar-refractivity contribution is -0.136. The Labute approximate surface area is 143 Å². The van der Waals surface area contributed by atoms with Crippen LogP contribution in [0.5, 0.6) is 5.75 Å². The van der Waals surface area contributed by atoms with Crippen LogP contribution < -0.4 is 10.1 Å². The molecule has 1 aromatic heterocycles. The van der Waals surface area contributed by atoms with Crippen LogP contribution in [0.1, 0.15) is 11.1 Å². The normalized spacial score (nSPS) is 23.1. The van der Waals surface area contributed by atoms with Crippen molar-refractivity contribution in [2.45, 2.75) is 18.2 Å². The number of benzene rings is 1. The van der Waals surface area contributed by atoms with E-state index in [0.29, 0.717) is 17.9 Å². The second kappa shape index (κ2) is 7.12. The molecule has 2 aromatic rings. The van der Waals surface area contributed by atoms with Crippen LogP contribution in [0.3, 0.4) is 0 Å². The van der Waals surface area contributed by atoms with E-state index in [1.165, 1.54) is 11.3 Å². The van der Waals surface area contributed by atoms with Crippen molar-refractivity contribution in [2.75, 3.05) is 13.2 Å². The van der Waals surface area contributed by atoms with E-state index in [1.807, 2.05) is 30.3 Å². The van der Waals surface area contributed by atoms with E-state index in [2.05, 4.69) is 5.32 Å². The zero-order valence-electron chi connectivity index (χ0n) is 12.8. The zero-order valence-corrected chi connectivity index (χ0v) is 13.6. The van der Waals surface area contributed by atoms with Crippen molar-refractivity contribution in [2.24, 2.45) is 0 Å². The Bertz CT molecular complexity index is 717. The summed E-state index contributed by atoms with van der Waals surface area (Å²) >= 11 is 1.39. The first-order valence-electron chi connectivity index (χ1n) is 7.47. The average molecular weight is 347 g/mol. The SMILES string of the molecule is O=CC1(c2ccccc2)NCC(COc2cscc2CC(=O)O)O1. The Morgan fingerprint density at radius 2 is 2.21 bits per heavy atom. The highest BCUT2D eigenvalue weighted by molar-refractivity contribution is 7.08. The van der Waals surface area contributed by atoms with E-state index in [-0.39, 0.29) is 19.1 Å². The zero-order chi connectivity index (χ0) is 17.0. The predicted octanol–water partition coefficient (Wildman–Crippen LogP) is 1.79. The number of carbonyl (C=O) groups is 2. The lowest BCUT2D eigenvalue weighted by Crippen LogP contribution is -2.39. The van der Waals surface area contributed by atoms with Crippen LogP contribution in [0.2, 0.25) is 0 Å². The van der Waals surface area contributed by atoms with Crippen LogP contribution in [0.25, 0.3) is 0 Å². The van der Waals surface area contributed by atoms with Gasteiger partial charge in [0.25, 0.3) is 0 Å². The van der Waals surface area contributed by atoms with Gasteiger partial charge in [-0.05, 0) is 5.38 Å². The molecule has 0 spiro atoms.